The van der Waals surface area contributed by atoms with E-state index in [1.807, 2.05) is 24.3 Å². The van der Waals surface area contributed by atoms with Crippen LogP contribution in [0, 0.1) is 0 Å². The molecule has 4 N–H and O–H groups in total. The van der Waals surface area contributed by atoms with Crippen molar-refractivity contribution in [2.75, 3.05) is 10.7 Å². The van der Waals surface area contributed by atoms with Gasteiger partial charge in [-0.2, -0.15) is 4.98 Å². The van der Waals surface area contributed by atoms with E-state index in [0.717, 1.165) is 23.1 Å². The zero-order valence-corrected chi connectivity index (χ0v) is 12.2. The lowest BCUT2D eigenvalue weighted by Crippen LogP contribution is -2.18. The Morgan fingerprint density at radius 1 is 1.20 bits per heavy atom. The second-order valence-electron chi connectivity index (χ2n) is 5.10. The molecule has 0 aliphatic heterocycles. The number of hydrogen-bond donors (Lipinski definition) is 3. The van der Waals surface area contributed by atoms with Crippen molar-refractivity contribution in [3.63, 3.8) is 0 Å². The Labute approximate surface area is 120 Å². The molecular weight excluding hydrogens is 250 g/mol. The molecule has 0 saturated carbocycles. The Kier molecular flexibility index (Phi) is 5.12. The van der Waals surface area contributed by atoms with Gasteiger partial charge < -0.3 is 5.32 Å². The molecule has 5 nitrogen and oxygen atoms in total. The molecule has 0 amide bonds. The van der Waals surface area contributed by atoms with Crippen molar-refractivity contribution >= 4 is 22.7 Å². The van der Waals surface area contributed by atoms with Crippen LogP contribution >= 0.6 is 0 Å². The average molecular weight is 273 g/mol. The van der Waals surface area contributed by atoms with E-state index in [1.165, 1.54) is 19.3 Å². The van der Waals surface area contributed by atoms with Gasteiger partial charge in [0.05, 0.1) is 5.52 Å². The Balaban J connectivity index is 2.19. The summed E-state index contributed by atoms with van der Waals surface area (Å²) >= 11 is 0. The summed E-state index contributed by atoms with van der Waals surface area (Å²) in [4.78, 5) is 8.78. The number of hydrogen-bond acceptors (Lipinski definition) is 5. The molecule has 1 heterocycles. The molecule has 1 unspecified atom stereocenters. The van der Waals surface area contributed by atoms with Crippen LogP contribution in [0.2, 0.25) is 0 Å². The van der Waals surface area contributed by atoms with Crippen molar-refractivity contribution in [3.8, 4) is 0 Å². The summed E-state index contributed by atoms with van der Waals surface area (Å²) < 4.78 is 0. The van der Waals surface area contributed by atoms with Gasteiger partial charge in [0.2, 0.25) is 5.95 Å². The highest BCUT2D eigenvalue weighted by atomic mass is 15.3. The lowest BCUT2D eigenvalue weighted by molar-refractivity contribution is 0.614. The van der Waals surface area contributed by atoms with Gasteiger partial charge in [0.15, 0.2) is 0 Å². The van der Waals surface area contributed by atoms with Crippen molar-refractivity contribution in [1.29, 1.82) is 0 Å². The van der Waals surface area contributed by atoms with Gasteiger partial charge in [0, 0.05) is 11.4 Å². The average Bonchev–Trinajstić information content (AvgIpc) is 2.47. The molecule has 0 saturated heterocycles. The maximum absolute atomic E-state index is 5.44. The van der Waals surface area contributed by atoms with Crippen LogP contribution in [0.5, 0.6) is 0 Å². The third kappa shape index (κ3) is 3.57. The molecule has 0 aliphatic carbocycles. The number of anilines is 2. The van der Waals surface area contributed by atoms with Crippen LogP contribution < -0.4 is 16.6 Å². The summed E-state index contributed by atoms with van der Waals surface area (Å²) in [5.41, 5.74) is 3.41. The summed E-state index contributed by atoms with van der Waals surface area (Å²) in [5.74, 6) is 6.71. The summed E-state index contributed by atoms with van der Waals surface area (Å²) in [5, 5.41) is 4.49. The number of nitrogens with one attached hydrogen (secondary N) is 2. The van der Waals surface area contributed by atoms with Gasteiger partial charge in [-0.25, -0.2) is 10.8 Å². The van der Waals surface area contributed by atoms with E-state index in [4.69, 9.17) is 5.84 Å². The number of benzene rings is 1. The predicted octanol–water partition coefficient (Wildman–Crippen LogP) is 3.30. The number of fused-ring (bicyclic) bond motifs is 1. The van der Waals surface area contributed by atoms with E-state index < -0.39 is 0 Å². The minimum atomic E-state index is 0.380. The highest BCUT2D eigenvalue weighted by Gasteiger charge is 2.09. The van der Waals surface area contributed by atoms with E-state index in [-0.39, 0.29) is 0 Å². The predicted molar refractivity (Wildman–Crippen MR) is 84.6 cm³/mol. The highest BCUT2D eigenvalue weighted by Crippen LogP contribution is 2.22. The first-order chi connectivity index (χ1) is 9.74. The highest BCUT2D eigenvalue weighted by molar-refractivity contribution is 5.90. The van der Waals surface area contributed by atoms with E-state index in [0.29, 0.717) is 12.0 Å². The summed E-state index contributed by atoms with van der Waals surface area (Å²) in [6.07, 6.45) is 4.88. The first-order valence-electron chi connectivity index (χ1n) is 7.24. The van der Waals surface area contributed by atoms with Crippen LogP contribution in [-0.4, -0.2) is 16.0 Å². The molecule has 2 aromatic rings. The Morgan fingerprint density at radius 2 is 2.00 bits per heavy atom. The second-order valence-corrected chi connectivity index (χ2v) is 5.10. The Bertz CT molecular complexity index is 555. The van der Waals surface area contributed by atoms with Crippen molar-refractivity contribution < 1.29 is 0 Å². The summed E-state index contributed by atoms with van der Waals surface area (Å²) in [7, 11) is 0. The number of hydrazine groups is 1. The minimum Gasteiger partial charge on any atom is -0.367 e. The molecule has 0 aliphatic rings. The molecule has 1 aromatic heterocycles. The van der Waals surface area contributed by atoms with Gasteiger partial charge in [-0.05, 0) is 25.5 Å². The van der Waals surface area contributed by atoms with Crippen LogP contribution in [0.25, 0.3) is 10.9 Å². The zero-order valence-electron chi connectivity index (χ0n) is 12.2. The number of aromatic nitrogens is 2. The third-order valence-corrected chi connectivity index (χ3v) is 3.36. The monoisotopic (exact) mass is 273 g/mol. The van der Waals surface area contributed by atoms with Crippen molar-refractivity contribution in [2.24, 2.45) is 5.84 Å². The largest absolute Gasteiger partial charge is 0.367 e. The van der Waals surface area contributed by atoms with E-state index in [1.54, 1.807) is 0 Å². The molecule has 1 atom stereocenters. The molecule has 2 rings (SSSR count). The van der Waals surface area contributed by atoms with E-state index in [9.17, 15) is 0 Å². The van der Waals surface area contributed by atoms with Crippen LogP contribution in [0.4, 0.5) is 11.8 Å². The van der Waals surface area contributed by atoms with E-state index in [2.05, 4.69) is 34.6 Å². The molecular formula is C15H23N5. The third-order valence-electron chi connectivity index (χ3n) is 3.36. The number of rotatable bonds is 7. The quantitative estimate of drug-likeness (QED) is 0.410. The Morgan fingerprint density at radius 3 is 2.75 bits per heavy atom. The SMILES string of the molecule is CCCCCC(C)Nc1nc(NN)nc2ccccc12. The van der Waals surface area contributed by atoms with Gasteiger partial charge in [-0.3, -0.25) is 5.43 Å². The molecule has 20 heavy (non-hydrogen) atoms. The molecule has 0 bridgehead atoms. The fourth-order valence-electron chi connectivity index (χ4n) is 2.26. The van der Waals surface area contributed by atoms with Crippen LogP contribution in [-0.2, 0) is 0 Å². The normalized spacial score (nSPS) is 12.3. The minimum absolute atomic E-state index is 0.380. The first-order valence-corrected chi connectivity index (χ1v) is 7.24. The lowest BCUT2D eigenvalue weighted by Gasteiger charge is -2.16. The van der Waals surface area contributed by atoms with E-state index >= 15 is 0 Å². The topological polar surface area (TPSA) is 75.9 Å². The molecule has 5 heteroatoms. The molecule has 0 radical (unpaired) electrons. The number of unbranched alkanes of at least 4 members (excludes halogenated alkanes) is 2. The second kappa shape index (κ2) is 7.05. The standard InChI is InChI=1S/C15H23N5/c1-3-4-5-8-11(2)17-14-12-9-6-7-10-13(12)18-15(19-14)20-16/h6-7,9-11H,3-5,8,16H2,1-2H3,(H2,17,18,19,20). The fourth-order valence-corrected chi connectivity index (χ4v) is 2.26. The number of nitrogens with two attached hydrogens (primary N) is 1. The Hall–Kier alpha value is -1.88. The molecule has 108 valence electrons. The van der Waals surface area contributed by atoms with Gasteiger partial charge in [0.25, 0.3) is 0 Å². The van der Waals surface area contributed by atoms with Crippen molar-refractivity contribution in [1.82, 2.24) is 9.97 Å². The van der Waals surface area contributed by atoms with Crippen molar-refractivity contribution in [2.45, 2.75) is 45.6 Å². The van der Waals surface area contributed by atoms with Crippen molar-refractivity contribution in [3.05, 3.63) is 24.3 Å². The zero-order chi connectivity index (χ0) is 14.4. The number of para-hydroxylation sites is 1. The van der Waals surface area contributed by atoms with Crippen LogP contribution in [0.3, 0.4) is 0 Å². The lowest BCUT2D eigenvalue weighted by atomic mass is 10.1. The molecule has 0 spiro atoms. The fraction of sp³-hybridized carbons (Fsp3) is 0.467. The number of nitrogen functional groups attached to an aromatic ring is 1. The van der Waals surface area contributed by atoms with Gasteiger partial charge in [-0.15, -0.1) is 0 Å². The van der Waals surface area contributed by atoms with Crippen LogP contribution in [0.1, 0.15) is 39.5 Å². The first kappa shape index (κ1) is 14.5. The van der Waals surface area contributed by atoms with Gasteiger partial charge in [-0.1, -0.05) is 38.3 Å². The van der Waals surface area contributed by atoms with Gasteiger partial charge >= 0.3 is 0 Å². The van der Waals surface area contributed by atoms with Gasteiger partial charge in [0.1, 0.15) is 5.82 Å². The number of nitrogens with zero attached hydrogens (tertiary/aromatic N) is 2. The summed E-state index contributed by atoms with van der Waals surface area (Å²) in [6.45, 7) is 4.40. The molecule has 1 aromatic carbocycles. The molecule has 0 fully saturated rings. The maximum Gasteiger partial charge on any atom is 0.239 e. The smallest absolute Gasteiger partial charge is 0.239 e. The maximum atomic E-state index is 5.44. The van der Waals surface area contributed by atoms with Crippen LogP contribution in [0.15, 0.2) is 24.3 Å². The summed E-state index contributed by atoms with van der Waals surface area (Å²) in [6, 6.07) is 8.32.